The summed E-state index contributed by atoms with van der Waals surface area (Å²) >= 11 is 0. The number of carbonyl (C=O) groups excluding carboxylic acids is 1. The molecule has 1 amide bonds. The zero-order chi connectivity index (χ0) is 11.3. The van der Waals surface area contributed by atoms with Crippen LogP contribution in [0.25, 0.3) is 0 Å². The Hall–Kier alpha value is -1.42. The van der Waals surface area contributed by atoms with Crippen LogP contribution in [0.2, 0.25) is 0 Å². The Balaban J connectivity index is 2.49. The first-order chi connectivity index (χ1) is 7.09. The highest BCUT2D eigenvalue weighted by Crippen LogP contribution is 1.99. The average Bonchev–Trinajstić information content (AvgIpc) is 2.17. The molecule has 0 aliphatic heterocycles. The maximum atomic E-state index is 11.6. The van der Waals surface area contributed by atoms with Crippen LogP contribution >= 0.6 is 0 Å². The first kappa shape index (κ1) is 11.7. The van der Waals surface area contributed by atoms with Crippen molar-refractivity contribution >= 4 is 5.91 Å². The van der Waals surface area contributed by atoms with Gasteiger partial charge >= 0.3 is 0 Å². The van der Waals surface area contributed by atoms with Crippen molar-refractivity contribution in [1.29, 1.82) is 0 Å². The number of carbonyl (C=O) groups is 1. The summed E-state index contributed by atoms with van der Waals surface area (Å²) in [7, 11) is 0. The zero-order valence-electron chi connectivity index (χ0n) is 9.10. The Bertz CT molecular complexity index is 311. The van der Waals surface area contributed by atoms with E-state index in [-0.39, 0.29) is 18.0 Å². The van der Waals surface area contributed by atoms with Crippen molar-refractivity contribution in [2.24, 2.45) is 5.73 Å². The van der Waals surface area contributed by atoms with Crippen LogP contribution in [0.5, 0.6) is 0 Å². The lowest BCUT2D eigenvalue weighted by Crippen LogP contribution is -2.36. The van der Waals surface area contributed by atoms with E-state index in [0.29, 0.717) is 5.56 Å². The van der Waals surface area contributed by atoms with Crippen LogP contribution in [0.4, 0.5) is 0 Å². The fourth-order valence-corrected chi connectivity index (χ4v) is 1.42. The Morgan fingerprint density at radius 3 is 2.87 bits per heavy atom. The third-order valence-electron chi connectivity index (χ3n) is 2.03. The molecular weight excluding hydrogens is 190 g/mol. The Kier molecular flexibility index (Phi) is 4.24. The van der Waals surface area contributed by atoms with E-state index < -0.39 is 0 Å². The van der Waals surface area contributed by atoms with Gasteiger partial charge in [-0.25, -0.2) is 0 Å². The highest BCUT2D eigenvalue weighted by atomic mass is 16.1. The van der Waals surface area contributed by atoms with Gasteiger partial charge in [-0.3, -0.25) is 9.78 Å². The first-order valence-electron chi connectivity index (χ1n) is 5.06. The van der Waals surface area contributed by atoms with Gasteiger partial charge in [-0.15, -0.1) is 0 Å². The normalized spacial score (nSPS) is 14.3. The number of nitrogens with two attached hydrogens (primary N) is 1. The highest BCUT2D eigenvalue weighted by Gasteiger charge is 2.10. The minimum Gasteiger partial charge on any atom is -0.349 e. The molecule has 4 nitrogen and oxygen atoms in total. The molecule has 0 saturated heterocycles. The predicted octanol–water partition coefficient (Wildman–Crippen LogP) is 0.937. The molecule has 0 radical (unpaired) electrons. The van der Waals surface area contributed by atoms with Gasteiger partial charge in [-0.05, 0) is 32.4 Å². The van der Waals surface area contributed by atoms with Crippen molar-refractivity contribution in [3.8, 4) is 0 Å². The van der Waals surface area contributed by atoms with Crippen molar-refractivity contribution in [3.05, 3.63) is 30.1 Å². The van der Waals surface area contributed by atoms with E-state index in [1.807, 2.05) is 13.8 Å². The number of pyridine rings is 1. The molecule has 1 heterocycles. The first-order valence-corrected chi connectivity index (χ1v) is 5.06. The van der Waals surface area contributed by atoms with E-state index in [2.05, 4.69) is 10.3 Å². The van der Waals surface area contributed by atoms with Crippen LogP contribution in [-0.2, 0) is 0 Å². The summed E-state index contributed by atoms with van der Waals surface area (Å²) < 4.78 is 0. The summed E-state index contributed by atoms with van der Waals surface area (Å²) in [4.78, 5) is 15.5. The molecule has 3 N–H and O–H groups in total. The molecule has 82 valence electrons. The van der Waals surface area contributed by atoms with Crippen LogP contribution in [0, 0.1) is 0 Å². The number of hydrogen-bond acceptors (Lipinski definition) is 3. The summed E-state index contributed by atoms with van der Waals surface area (Å²) in [5.74, 6) is -0.101. The Morgan fingerprint density at radius 2 is 2.33 bits per heavy atom. The lowest BCUT2D eigenvalue weighted by molar-refractivity contribution is 0.0937. The number of aromatic nitrogens is 1. The SMILES string of the molecule is CC(N)CC(C)NC(=O)c1cccnc1. The molecule has 0 aromatic carbocycles. The smallest absolute Gasteiger partial charge is 0.253 e. The largest absolute Gasteiger partial charge is 0.349 e. The molecule has 15 heavy (non-hydrogen) atoms. The summed E-state index contributed by atoms with van der Waals surface area (Å²) in [6.07, 6.45) is 3.96. The highest BCUT2D eigenvalue weighted by molar-refractivity contribution is 5.93. The fourth-order valence-electron chi connectivity index (χ4n) is 1.42. The topological polar surface area (TPSA) is 68.0 Å². The molecule has 0 aliphatic carbocycles. The van der Waals surface area contributed by atoms with E-state index in [9.17, 15) is 4.79 Å². The number of rotatable bonds is 4. The summed E-state index contributed by atoms with van der Waals surface area (Å²) in [6.45, 7) is 3.87. The van der Waals surface area contributed by atoms with E-state index in [1.54, 1.807) is 24.5 Å². The van der Waals surface area contributed by atoms with Crippen molar-refractivity contribution in [2.45, 2.75) is 32.4 Å². The van der Waals surface area contributed by atoms with E-state index >= 15 is 0 Å². The monoisotopic (exact) mass is 207 g/mol. The van der Waals surface area contributed by atoms with Crippen LogP contribution in [-0.4, -0.2) is 23.0 Å². The second kappa shape index (κ2) is 5.46. The minimum absolute atomic E-state index is 0.0812. The fraction of sp³-hybridized carbons (Fsp3) is 0.455. The van der Waals surface area contributed by atoms with Crippen molar-refractivity contribution < 1.29 is 4.79 Å². The van der Waals surface area contributed by atoms with Gasteiger partial charge in [0.05, 0.1) is 5.56 Å². The second-order valence-corrected chi connectivity index (χ2v) is 3.83. The van der Waals surface area contributed by atoms with Crippen molar-refractivity contribution in [2.75, 3.05) is 0 Å². The maximum Gasteiger partial charge on any atom is 0.253 e. The van der Waals surface area contributed by atoms with Crippen molar-refractivity contribution in [3.63, 3.8) is 0 Å². The van der Waals surface area contributed by atoms with Crippen LogP contribution in [0.3, 0.4) is 0 Å². The molecule has 2 atom stereocenters. The molecular formula is C11H17N3O. The summed E-state index contributed by atoms with van der Waals surface area (Å²) in [5.41, 5.74) is 6.22. The number of hydrogen-bond donors (Lipinski definition) is 2. The number of amides is 1. The molecule has 4 heteroatoms. The molecule has 0 saturated carbocycles. The lowest BCUT2D eigenvalue weighted by Gasteiger charge is -2.15. The number of nitrogens with one attached hydrogen (secondary N) is 1. The third-order valence-corrected chi connectivity index (χ3v) is 2.03. The minimum atomic E-state index is -0.101. The molecule has 0 fully saturated rings. The Labute approximate surface area is 89.9 Å². The van der Waals surface area contributed by atoms with E-state index in [4.69, 9.17) is 5.73 Å². The van der Waals surface area contributed by atoms with Crippen LogP contribution < -0.4 is 11.1 Å². The second-order valence-electron chi connectivity index (χ2n) is 3.83. The third kappa shape index (κ3) is 4.08. The Morgan fingerprint density at radius 1 is 1.60 bits per heavy atom. The van der Waals surface area contributed by atoms with Gasteiger partial charge in [-0.1, -0.05) is 0 Å². The van der Waals surface area contributed by atoms with Crippen LogP contribution in [0.15, 0.2) is 24.5 Å². The van der Waals surface area contributed by atoms with Gasteiger partial charge in [0.1, 0.15) is 0 Å². The molecule has 0 aliphatic rings. The van der Waals surface area contributed by atoms with Gasteiger partial charge in [0, 0.05) is 24.5 Å². The summed E-state index contributed by atoms with van der Waals surface area (Å²) in [5, 5.41) is 2.87. The summed E-state index contributed by atoms with van der Waals surface area (Å²) in [6, 6.07) is 3.65. The standard InChI is InChI=1S/C11H17N3O/c1-8(12)6-9(2)14-11(15)10-4-3-5-13-7-10/h3-5,7-9H,6,12H2,1-2H3,(H,14,15). The van der Waals surface area contributed by atoms with Gasteiger partial charge in [0.25, 0.3) is 5.91 Å². The van der Waals surface area contributed by atoms with Crippen molar-refractivity contribution in [1.82, 2.24) is 10.3 Å². The predicted molar refractivity (Wildman–Crippen MR) is 59.4 cm³/mol. The van der Waals surface area contributed by atoms with Gasteiger partial charge < -0.3 is 11.1 Å². The molecule has 1 rings (SSSR count). The average molecular weight is 207 g/mol. The quantitative estimate of drug-likeness (QED) is 0.772. The van der Waals surface area contributed by atoms with Gasteiger partial charge in [-0.2, -0.15) is 0 Å². The number of nitrogens with zero attached hydrogens (tertiary/aromatic N) is 1. The molecule has 0 bridgehead atoms. The molecule has 0 spiro atoms. The zero-order valence-corrected chi connectivity index (χ0v) is 9.10. The van der Waals surface area contributed by atoms with E-state index in [0.717, 1.165) is 6.42 Å². The van der Waals surface area contributed by atoms with Gasteiger partial charge in [0.15, 0.2) is 0 Å². The van der Waals surface area contributed by atoms with E-state index in [1.165, 1.54) is 0 Å². The van der Waals surface area contributed by atoms with Crippen LogP contribution in [0.1, 0.15) is 30.6 Å². The lowest BCUT2D eigenvalue weighted by atomic mass is 10.1. The molecule has 2 unspecified atom stereocenters. The molecule has 1 aromatic heterocycles. The molecule has 1 aromatic rings. The maximum absolute atomic E-state index is 11.6. The van der Waals surface area contributed by atoms with Gasteiger partial charge in [0.2, 0.25) is 0 Å².